The summed E-state index contributed by atoms with van der Waals surface area (Å²) in [5.74, 6) is -3.97. The Morgan fingerprint density at radius 2 is 1.96 bits per heavy atom. The third kappa shape index (κ3) is 3.89. The average molecular weight is 337 g/mol. The third-order valence-electron chi connectivity index (χ3n) is 3.78. The van der Waals surface area contributed by atoms with Gasteiger partial charge in [0.25, 0.3) is 5.91 Å². The third-order valence-corrected chi connectivity index (χ3v) is 3.78. The normalized spacial score (nSPS) is 18.6. The number of aromatic nitrogens is 1. The molecule has 4 nitrogen and oxygen atoms in total. The molecule has 1 aliphatic rings. The summed E-state index contributed by atoms with van der Waals surface area (Å²) >= 11 is 0. The van der Waals surface area contributed by atoms with Crippen LogP contribution in [0.2, 0.25) is 0 Å². The molecule has 0 bridgehead atoms. The summed E-state index contributed by atoms with van der Waals surface area (Å²) in [5.41, 5.74) is 3.36. The zero-order valence-corrected chi connectivity index (χ0v) is 12.4. The van der Waals surface area contributed by atoms with Gasteiger partial charge in [-0.3, -0.25) is 4.79 Å². The van der Waals surface area contributed by atoms with Crippen LogP contribution in [0.25, 0.3) is 0 Å². The Morgan fingerprint density at radius 1 is 1.30 bits per heavy atom. The first-order valence-corrected chi connectivity index (χ1v) is 7.03. The minimum absolute atomic E-state index is 0.0688. The van der Waals surface area contributed by atoms with Crippen molar-refractivity contribution >= 4 is 11.7 Å². The number of nitrogens with zero attached hydrogens (tertiary/aromatic N) is 2. The molecule has 23 heavy (non-hydrogen) atoms. The molecule has 1 amide bonds. The summed E-state index contributed by atoms with van der Waals surface area (Å²) in [7, 11) is 0. The molecule has 1 saturated heterocycles. The van der Waals surface area contributed by atoms with Crippen molar-refractivity contribution in [2.24, 2.45) is 5.73 Å². The highest BCUT2D eigenvalue weighted by atomic mass is 19.4. The maximum atomic E-state index is 13.4. The highest BCUT2D eigenvalue weighted by Gasteiger charge is 2.37. The Kier molecular flexibility index (Phi) is 4.50. The fourth-order valence-electron chi connectivity index (χ4n) is 2.58. The number of rotatable bonds is 2. The lowest BCUT2D eigenvalue weighted by atomic mass is 10.1. The van der Waals surface area contributed by atoms with Crippen molar-refractivity contribution in [3.8, 4) is 0 Å². The molecule has 0 spiro atoms. The molecule has 0 aromatic carbocycles. The van der Waals surface area contributed by atoms with E-state index in [0.29, 0.717) is 6.07 Å². The maximum Gasteiger partial charge on any atom is 0.418 e. The molecule has 9 heteroatoms. The lowest BCUT2D eigenvalue weighted by Gasteiger charge is -2.25. The Morgan fingerprint density at radius 3 is 2.52 bits per heavy atom. The molecule has 0 saturated carbocycles. The number of alkyl halides is 5. The van der Waals surface area contributed by atoms with E-state index in [1.54, 1.807) is 0 Å². The van der Waals surface area contributed by atoms with Crippen LogP contribution in [0.1, 0.15) is 40.9 Å². The van der Waals surface area contributed by atoms with Crippen LogP contribution >= 0.6 is 0 Å². The number of anilines is 1. The number of primary amides is 1. The molecule has 1 fully saturated rings. The topological polar surface area (TPSA) is 59.2 Å². The van der Waals surface area contributed by atoms with Gasteiger partial charge in [0.2, 0.25) is 5.92 Å². The van der Waals surface area contributed by atoms with Crippen LogP contribution in [0, 0.1) is 6.92 Å². The first-order valence-electron chi connectivity index (χ1n) is 7.03. The molecule has 1 aromatic heterocycles. The summed E-state index contributed by atoms with van der Waals surface area (Å²) in [6.07, 6.45) is -5.29. The molecule has 2 N–H and O–H groups in total. The number of carbonyl (C=O) groups excluding carboxylic acids is 1. The summed E-state index contributed by atoms with van der Waals surface area (Å²) in [6.45, 7) is 1.22. The molecule has 0 atom stereocenters. The minimum Gasteiger partial charge on any atom is -0.365 e. The lowest BCUT2D eigenvalue weighted by molar-refractivity contribution is -0.138. The number of nitrogens with two attached hydrogens (primary N) is 1. The van der Waals surface area contributed by atoms with E-state index in [2.05, 4.69) is 4.98 Å². The van der Waals surface area contributed by atoms with Crippen molar-refractivity contribution in [3.05, 3.63) is 22.9 Å². The van der Waals surface area contributed by atoms with Crippen LogP contribution in [-0.4, -0.2) is 29.9 Å². The molecule has 0 unspecified atom stereocenters. The Balaban J connectivity index is 2.46. The Bertz CT molecular complexity index is 615. The van der Waals surface area contributed by atoms with Gasteiger partial charge in [-0.05, 0) is 19.4 Å². The van der Waals surface area contributed by atoms with Crippen molar-refractivity contribution in [2.75, 3.05) is 18.0 Å². The zero-order chi connectivity index (χ0) is 17.4. The Labute approximate surface area is 129 Å². The number of amides is 1. The van der Waals surface area contributed by atoms with Gasteiger partial charge in [-0.1, -0.05) is 0 Å². The van der Waals surface area contributed by atoms with Gasteiger partial charge in [0.15, 0.2) is 0 Å². The summed E-state index contributed by atoms with van der Waals surface area (Å²) in [4.78, 5) is 16.7. The lowest BCUT2D eigenvalue weighted by Crippen LogP contribution is -2.30. The van der Waals surface area contributed by atoms with Gasteiger partial charge < -0.3 is 10.6 Å². The molecular formula is C14H16F5N3O. The van der Waals surface area contributed by atoms with Gasteiger partial charge in [0.05, 0.1) is 16.8 Å². The molecule has 2 heterocycles. The standard InChI is InChI=1S/C14H16F5N3O/c1-8-10(14(17,18)19)7-9(11(20)23)12(21-8)22-5-2-3-13(15,16)4-6-22/h7H,2-6H2,1H3,(H2,20,23). The monoisotopic (exact) mass is 337 g/mol. The fraction of sp³-hybridized carbons (Fsp3) is 0.571. The highest BCUT2D eigenvalue weighted by molar-refractivity contribution is 5.98. The van der Waals surface area contributed by atoms with E-state index in [1.165, 1.54) is 4.90 Å². The number of carbonyl (C=O) groups is 1. The van der Waals surface area contributed by atoms with Crippen LogP contribution < -0.4 is 10.6 Å². The Hall–Kier alpha value is -1.93. The van der Waals surface area contributed by atoms with Crippen molar-refractivity contribution in [1.29, 1.82) is 0 Å². The maximum absolute atomic E-state index is 13.4. The van der Waals surface area contributed by atoms with E-state index < -0.39 is 35.6 Å². The van der Waals surface area contributed by atoms with Gasteiger partial charge in [0, 0.05) is 25.9 Å². The smallest absolute Gasteiger partial charge is 0.365 e. The number of hydrogen-bond donors (Lipinski definition) is 1. The van der Waals surface area contributed by atoms with Crippen molar-refractivity contribution in [2.45, 2.75) is 38.3 Å². The van der Waals surface area contributed by atoms with E-state index in [9.17, 15) is 26.7 Å². The van der Waals surface area contributed by atoms with Gasteiger partial charge in [-0.15, -0.1) is 0 Å². The van der Waals surface area contributed by atoms with Crippen LogP contribution in [0.5, 0.6) is 0 Å². The number of hydrogen-bond acceptors (Lipinski definition) is 3. The molecule has 1 aliphatic heterocycles. The predicted molar refractivity (Wildman–Crippen MR) is 73.5 cm³/mol. The molecular weight excluding hydrogens is 321 g/mol. The van der Waals surface area contributed by atoms with E-state index in [4.69, 9.17) is 5.73 Å². The average Bonchev–Trinajstić information content (AvgIpc) is 2.57. The predicted octanol–water partition coefficient (Wildman–Crippen LogP) is 3.13. The van der Waals surface area contributed by atoms with Crippen LogP contribution in [0.3, 0.4) is 0 Å². The number of halogens is 5. The molecule has 2 rings (SSSR count). The quantitative estimate of drug-likeness (QED) is 0.844. The van der Waals surface area contributed by atoms with Gasteiger partial charge >= 0.3 is 6.18 Å². The first kappa shape index (κ1) is 17.4. The molecule has 128 valence electrons. The summed E-state index contributed by atoms with van der Waals surface area (Å²) in [5, 5.41) is 0. The fourth-order valence-corrected chi connectivity index (χ4v) is 2.58. The molecule has 0 radical (unpaired) electrons. The van der Waals surface area contributed by atoms with Crippen molar-refractivity contribution < 1.29 is 26.7 Å². The van der Waals surface area contributed by atoms with Crippen molar-refractivity contribution in [3.63, 3.8) is 0 Å². The number of pyridine rings is 1. The van der Waals surface area contributed by atoms with Gasteiger partial charge in [0.1, 0.15) is 5.82 Å². The van der Waals surface area contributed by atoms with E-state index in [0.717, 1.165) is 6.92 Å². The SMILES string of the molecule is Cc1nc(N2CCCC(F)(F)CC2)c(C(N)=O)cc1C(F)(F)F. The van der Waals surface area contributed by atoms with E-state index >= 15 is 0 Å². The first-order chi connectivity index (χ1) is 10.5. The van der Waals surface area contributed by atoms with E-state index in [1.807, 2.05) is 0 Å². The second kappa shape index (κ2) is 5.93. The minimum atomic E-state index is -4.67. The summed E-state index contributed by atoms with van der Waals surface area (Å²) < 4.78 is 65.6. The molecule has 0 aliphatic carbocycles. The zero-order valence-electron chi connectivity index (χ0n) is 12.4. The van der Waals surface area contributed by atoms with Crippen LogP contribution in [0.15, 0.2) is 6.07 Å². The van der Waals surface area contributed by atoms with Crippen LogP contribution in [-0.2, 0) is 6.18 Å². The second-order valence-electron chi connectivity index (χ2n) is 5.55. The van der Waals surface area contributed by atoms with Gasteiger partial charge in [-0.2, -0.15) is 13.2 Å². The second-order valence-corrected chi connectivity index (χ2v) is 5.55. The highest BCUT2D eigenvalue weighted by Crippen LogP contribution is 2.35. The molecule has 1 aromatic rings. The van der Waals surface area contributed by atoms with Crippen LogP contribution in [0.4, 0.5) is 27.8 Å². The largest absolute Gasteiger partial charge is 0.418 e. The summed E-state index contributed by atoms with van der Waals surface area (Å²) in [6, 6.07) is 0.642. The van der Waals surface area contributed by atoms with E-state index in [-0.39, 0.29) is 37.4 Å². The van der Waals surface area contributed by atoms with Crippen molar-refractivity contribution in [1.82, 2.24) is 4.98 Å². The van der Waals surface area contributed by atoms with Gasteiger partial charge in [-0.25, -0.2) is 13.8 Å². The number of aryl methyl sites for hydroxylation is 1.